The number of hydrogen-bond donors (Lipinski definition) is 1. The summed E-state index contributed by atoms with van der Waals surface area (Å²) in [5, 5.41) is 13.5. The van der Waals surface area contributed by atoms with E-state index in [2.05, 4.69) is 5.32 Å². The number of nitro groups is 1. The van der Waals surface area contributed by atoms with E-state index in [4.69, 9.17) is 9.47 Å². The van der Waals surface area contributed by atoms with Gasteiger partial charge in [0, 0.05) is 29.4 Å². The molecule has 1 heterocycles. The molecule has 0 aliphatic carbocycles. The van der Waals surface area contributed by atoms with Gasteiger partial charge in [-0.2, -0.15) is 0 Å². The lowest BCUT2D eigenvalue weighted by Gasteiger charge is -2.21. The van der Waals surface area contributed by atoms with Gasteiger partial charge in [0.15, 0.2) is 11.5 Å². The first-order chi connectivity index (χ1) is 11.0. The summed E-state index contributed by atoms with van der Waals surface area (Å²) in [5.41, 5.74) is 1.47. The quantitative estimate of drug-likeness (QED) is 0.695. The highest BCUT2D eigenvalue weighted by atomic mass is 16.6. The molecule has 7 heteroatoms. The fraction of sp³-hybridized carbons (Fsp3) is 0.188. The van der Waals surface area contributed by atoms with Gasteiger partial charge in [-0.15, -0.1) is 0 Å². The zero-order chi connectivity index (χ0) is 16.4. The molecular weight excluding hydrogens is 300 g/mol. The summed E-state index contributed by atoms with van der Waals surface area (Å²) in [4.78, 5) is 22.5. The second kappa shape index (κ2) is 5.96. The van der Waals surface area contributed by atoms with Crippen LogP contribution in [0.1, 0.15) is 15.9 Å². The van der Waals surface area contributed by atoms with Crippen molar-refractivity contribution in [3.05, 3.63) is 57.6 Å². The summed E-state index contributed by atoms with van der Waals surface area (Å²) in [5.74, 6) is 0.819. The first-order valence-corrected chi connectivity index (χ1v) is 7.00. The van der Waals surface area contributed by atoms with Crippen LogP contribution in [-0.2, 0) is 0 Å². The minimum absolute atomic E-state index is 0.129. The zero-order valence-corrected chi connectivity index (χ0v) is 12.4. The van der Waals surface area contributed by atoms with Crippen LogP contribution < -0.4 is 14.8 Å². The molecular formula is C16H14N2O5. The maximum Gasteiger partial charge on any atom is 0.270 e. The summed E-state index contributed by atoms with van der Waals surface area (Å²) in [6.07, 6.45) is 0. The van der Waals surface area contributed by atoms with Gasteiger partial charge in [-0.1, -0.05) is 6.07 Å². The van der Waals surface area contributed by atoms with Crippen LogP contribution in [0.4, 0.5) is 11.4 Å². The molecule has 2 aromatic rings. The lowest BCUT2D eigenvalue weighted by atomic mass is 10.1. The van der Waals surface area contributed by atoms with Gasteiger partial charge in [0.25, 0.3) is 11.6 Å². The highest BCUT2D eigenvalue weighted by Gasteiger charge is 2.17. The number of aryl methyl sites for hydroxylation is 1. The average Bonchev–Trinajstić information content (AvgIpc) is 2.55. The number of nitro benzene ring substituents is 1. The van der Waals surface area contributed by atoms with Gasteiger partial charge in [0.2, 0.25) is 0 Å². The van der Waals surface area contributed by atoms with E-state index in [0.717, 1.165) is 5.56 Å². The van der Waals surface area contributed by atoms with Crippen LogP contribution in [0, 0.1) is 17.0 Å². The van der Waals surface area contributed by atoms with Gasteiger partial charge in [-0.3, -0.25) is 14.9 Å². The van der Waals surface area contributed by atoms with Crippen LogP contribution in [0.25, 0.3) is 0 Å². The van der Waals surface area contributed by atoms with E-state index < -0.39 is 10.8 Å². The number of rotatable bonds is 3. The molecule has 0 fully saturated rings. The van der Waals surface area contributed by atoms with E-state index in [1.165, 1.54) is 24.3 Å². The summed E-state index contributed by atoms with van der Waals surface area (Å²) in [7, 11) is 0. The molecule has 0 radical (unpaired) electrons. The predicted octanol–water partition coefficient (Wildman–Crippen LogP) is 2.93. The highest BCUT2D eigenvalue weighted by Crippen LogP contribution is 2.36. The van der Waals surface area contributed by atoms with Crippen LogP contribution in [0.3, 0.4) is 0 Å². The van der Waals surface area contributed by atoms with Crippen LogP contribution in [0.5, 0.6) is 11.5 Å². The number of carbonyl (C=O) groups excluding carboxylic acids is 1. The van der Waals surface area contributed by atoms with Crippen molar-refractivity contribution < 1.29 is 19.2 Å². The molecule has 0 atom stereocenters. The molecule has 0 bridgehead atoms. The van der Waals surface area contributed by atoms with Crippen molar-refractivity contribution in [1.29, 1.82) is 0 Å². The number of benzene rings is 2. The molecule has 2 aromatic carbocycles. The SMILES string of the molecule is Cc1cc(NC(=O)c2cccc([N+](=O)[O-])c2)cc2c1OCCO2. The van der Waals surface area contributed by atoms with Crippen molar-refractivity contribution in [1.82, 2.24) is 0 Å². The standard InChI is InChI=1S/C16H14N2O5/c1-10-7-12(9-14-15(10)23-6-5-22-14)17-16(19)11-3-2-4-13(8-11)18(20)21/h2-4,7-9H,5-6H2,1H3,(H,17,19). The lowest BCUT2D eigenvalue weighted by molar-refractivity contribution is -0.384. The largest absolute Gasteiger partial charge is 0.486 e. The molecule has 1 aliphatic rings. The number of non-ortho nitro benzene ring substituents is 1. The van der Waals surface area contributed by atoms with Crippen molar-refractivity contribution in [3.63, 3.8) is 0 Å². The molecule has 0 aromatic heterocycles. The maximum absolute atomic E-state index is 12.3. The third kappa shape index (κ3) is 3.08. The maximum atomic E-state index is 12.3. The molecule has 7 nitrogen and oxygen atoms in total. The number of ether oxygens (including phenoxy) is 2. The van der Waals surface area contributed by atoms with Crippen LogP contribution in [0.2, 0.25) is 0 Å². The first kappa shape index (κ1) is 14.8. The van der Waals surface area contributed by atoms with Gasteiger partial charge in [-0.25, -0.2) is 0 Å². The van der Waals surface area contributed by atoms with Gasteiger partial charge in [0.1, 0.15) is 13.2 Å². The summed E-state index contributed by atoms with van der Waals surface area (Å²) in [6.45, 7) is 2.80. The Hall–Kier alpha value is -3.09. The smallest absolute Gasteiger partial charge is 0.270 e. The molecule has 0 unspecified atom stereocenters. The van der Waals surface area contributed by atoms with Crippen LogP contribution in [0.15, 0.2) is 36.4 Å². The zero-order valence-electron chi connectivity index (χ0n) is 12.4. The molecule has 1 amide bonds. The Morgan fingerprint density at radius 3 is 2.78 bits per heavy atom. The number of carbonyl (C=O) groups is 1. The molecule has 23 heavy (non-hydrogen) atoms. The van der Waals surface area contributed by atoms with Gasteiger partial charge in [-0.05, 0) is 24.6 Å². The van der Waals surface area contributed by atoms with Crippen molar-refractivity contribution in [2.45, 2.75) is 6.92 Å². The topological polar surface area (TPSA) is 90.7 Å². The Morgan fingerprint density at radius 2 is 2.00 bits per heavy atom. The van der Waals surface area contributed by atoms with E-state index >= 15 is 0 Å². The Balaban J connectivity index is 1.84. The fourth-order valence-electron chi connectivity index (χ4n) is 2.37. The van der Waals surface area contributed by atoms with Crippen LogP contribution in [-0.4, -0.2) is 24.0 Å². The lowest BCUT2D eigenvalue weighted by Crippen LogP contribution is -2.17. The minimum atomic E-state index is -0.537. The molecule has 3 rings (SSSR count). The Kier molecular flexibility index (Phi) is 3.84. The van der Waals surface area contributed by atoms with Gasteiger partial charge >= 0.3 is 0 Å². The van der Waals surface area contributed by atoms with Crippen molar-refractivity contribution in [3.8, 4) is 11.5 Å². The highest BCUT2D eigenvalue weighted by molar-refractivity contribution is 6.04. The van der Waals surface area contributed by atoms with Crippen molar-refractivity contribution in [2.75, 3.05) is 18.5 Å². The number of fused-ring (bicyclic) bond motifs is 1. The molecule has 0 saturated carbocycles. The Labute approximate surface area is 132 Å². The van der Waals surface area contributed by atoms with E-state index in [9.17, 15) is 14.9 Å². The van der Waals surface area contributed by atoms with E-state index in [-0.39, 0.29) is 11.3 Å². The molecule has 118 valence electrons. The van der Waals surface area contributed by atoms with E-state index in [1.54, 1.807) is 12.1 Å². The van der Waals surface area contributed by atoms with E-state index in [1.807, 2.05) is 6.92 Å². The molecule has 1 aliphatic heterocycles. The Bertz CT molecular complexity index is 788. The number of nitrogens with zero attached hydrogens (tertiary/aromatic N) is 1. The monoisotopic (exact) mass is 314 g/mol. The number of amides is 1. The van der Waals surface area contributed by atoms with Gasteiger partial charge < -0.3 is 14.8 Å². The van der Waals surface area contributed by atoms with Crippen molar-refractivity contribution in [2.24, 2.45) is 0 Å². The predicted molar refractivity (Wildman–Crippen MR) is 83.2 cm³/mol. The fourth-order valence-corrected chi connectivity index (χ4v) is 2.37. The van der Waals surface area contributed by atoms with Crippen LogP contribution >= 0.6 is 0 Å². The normalized spacial score (nSPS) is 12.6. The van der Waals surface area contributed by atoms with E-state index in [0.29, 0.717) is 30.4 Å². The number of nitrogens with one attached hydrogen (secondary N) is 1. The number of hydrogen-bond acceptors (Lipinski definition) is 5. The van der Waals surface area contributed by atoms with Gasteiger partial charge in [0.05, 0.1) is 4.92 Å². The number of anilines is 1. The summed E-state index contributed by atoms with van der Waals surface area (Å²) >= 11 is 0. The second-order valence-electron chi connectivity index (χ2n) is 5.08. The molecule has 0 spiro atoms. The first-order valence-electron chi connectivity index (χ1n) is 7.00. The molecule has 1 N–H and O–H groups in total. The Morgan fingerprint density at radius 1 is 1.22 bits per heavy atom. The minimum Gasteiger partial charge on any atom is -0.486 e. The third-order valence-corrected chi connectivity index (χ3v) is 3.40. The second-order valence-corrected chi connectivity index (χ2v) is 5.08. The third-order valence-electron chi connectivity index (χ3n) is 3.40. The summed E-state index contributed by atoms with van der Waals surface area (Å²) < 4.78 is 11.0. The molecule has 0 saturated heterocycles. The summed E-state index contributed by atoms with van der Waals surface area (Å²) in [6, 6.07) is 9.01. The average molecular weight is 314 g/mol. The van der Waals surface area contributed by atoms with Crippen molar-refractivity contribution >= 4 is 17.3 Å².